The Labute approximate surface area is 106 Å². The molecule has 0 amide bonds. The first-order chi connectivity index (χ1) is 8.20. The number of aliphatic carboxylic acids is 1. The molecule has 0 spiro atoms. The van der Waals surface area contributed by atoms with Gasteiger partial charge in [0.25, 0.3) is 0 Å². The van der Waals surface area contributed by atoms with Crippen LogP contribution in [0.3, 0.4) is 0 Å². The zero-order valence-corrected chi connectivity index (χ0v) is 11.6. The highest BCUT2D eigenvalue weighted by Gasteiger charge is 2.28. The fourth-order valence-electron chi connectivity index (χ4n) is 1.70. The van der Waals surface area contributed by atoms with E-state index < -0.39 is 22.0 Å². The second-order valence-corrected chi connectivity index (χ2v) is 5.69. The van der Waals surface area contributed by atoms with Gasteiger partial charge in [0.1, 0.15) is 10.9 Å². The molecule has 18 heavy (non-hydrogen) atoms. The summed E-state index contributed by atoms with van der Waals surface area (Å²) in [5.41, 5.74) is 0.822. The second kappa shape index (κ2) is 5.07. The van der Waals surface area contributed by atoms with Gasteiger partial charge < -0.3 is 5.11 Å². The summed E-state index contributed by atoms with van der Waals surface area (Å²) in [6.45, 7) is 4.80. The lowest BCUT2D eigenvalue weighted by Crippen LogP contribution is -2.40. The van der Waals surface area contributed by atoms with Crippen LogP contribution in [0.2, 0.25) is 0 Å². The minimum Gasteiger partial charge on any atom is -0.480 e. The van der Waals surface area contributed by atoms with Crippen LogP contribution >= 0.6 is 0 Å². The third kappa shape index (κ3) is 2.70. The molecule has 0 bridgehead atoms. The van der Waals surface area contributed by atoms with Gasteiger partial charge in [-0.25, -0.2) is 8.42 Å². The third-order valence-electron chi connectivity index (χ3n) is 2.72. The summed E-state index contributed by atoms with van der Waals surface area (Å²) in [4.78, 5) is 10.9. The Morgan fingerprint density at radius 1 is 1.50 bits per heavy atom. The molecule has 7 nitrogen and oxygen atoms in total. The largest absolute Gasteiger partial charge is 0.480 e. The SMILES string of the molecule is CCC(NS(=O)(=O)c1c(C)nn(C)c1C)C(=O)O. The first-order valence-corrected chi connectivity index (χ1v) is 6.94. The Morgan fingerprint density at radius 2 is 2.06 bits per heavy atom. The Hall–Kier alpha value is -1.41. The number of carbonyl (C=O) groups is 1. The lowest BCUT2D eigenvalue weighted by Gasteiger charge is -2.12. The topological polar surface area (TPSA) is 101 Å². The smallest absolute Gasteiger partial charge is 0.321 e. The monoisotopic (exact) mass is 275 g/mol. The second-order valence-electron chi connectivity index (χ2n) is 4.04. The van der Waals surface area contributed by atoms with Crippen LogP contribution in [-0.4, -0.2) is 35.3 Å². The molecule has 102 valence electrons. The summed E-state index contributed by atoms with van der Waals surface area (Å²) in [6.07, 6.45) is 0.174. The van der Waals surface area contributed by atoms with E-state index >= 15 is 0 Å². The van der Waals surface area contributed by atoms with E-state index in [1.54, 1.807) is 27.8 Å². The highest BCUT2D eigenvalue weighted by molar-refractivity contribution is 7.89. The molecule has 1 unspecified atom stereocenters. The Morgan fingerprint density at radius 3 is 2.39 bits per heavy atom. The number of aryl methyl sites for hydroxylation is 2. The summed E-state index contributed by atoms with van der Waals surface area (Å²) < 4.78 is 27.9. The van der Waals surface area contributed by atoms with Crippen LogP contribution in [0, 0.1) is 13.8 Å². The first kappa shape index (κ1) is 14.7. The van der Waals surface area contributed by atoms with Gasteiger partial charge in [0.2, 0.25) is 10.0 Å². The Kier molecular flexibility index (Phi) is 4.12. The minimum absolute atomic E-state index is 0.0460. The van der Waals surface area contributed by atoms with E-state index in [2.05, 4.69) is 9.82 Å². The lowest BCUT2D eigenvalue weighted by molar-refractivity contribution is -0.139. The third-order valence-corrected chi connectivity index (χ3v) is 4.44. The molecule has 0 saturated carbocycles. The minimum atomic E-state index is -3.87. The number of sulfonamides is 1. The van der Waals surface area contributed by atoms with Crippen molar-refractivity contribution in [3.8, 4) is 0 Å². The predicted octanol–water partition coefficient (Wildman–Crippen LogP) is 0.178. The fraction of sp³-hybridized carbons (Fsp3) is 0.600. The molecule has 1 aromatic heterocycles. The zero-order valence-electron chi connectivity index (χ0n) is 10.8. The standard InChI is InChI=1S/C10H17N3O4S/c1-5-8(10(14)15)12-18(16,17)9-6(2)11-13(4)7(9)3/h8,12H,5H2,1-4H3,(H,14,15). The summed E-state index contributed by atoms with van der Waals surface area (Å²) in [6, 6.07) is -1.13. The molecular weight excluding hydrogens is 258 g/mol. The van der Waals surface area contributed by atoms with E-state index in [0.29, 0.717) is 11.4 Å². The first-order valence-electron chi connectivity index (χ1n) is 5.46. The molecule has 0 aliphatic heterocycles. The van der Waals surface area contributed by atoms with Gasteiger partial charge in [-0.05, 0) is 20.3 Å². The molecule has 0 radical (unpaired) electrons. The number of aromatic nitrogens is 2. The van der Waals surface area contributed by atoms with E-state index in [1.165, 1.54) is 4.68 Å². The maximum Gasteiger partial charge on any atom is 0.321 e. The summed E-state index contributed by atoms with van der Waals surface area (Å²) in [5, 5.41) is 12.9. The average Bonchev–Trinajstić information content (AvgIpc) is 2.49. The van der Waals surface area contributed by atoms with Crippen LogP contribution in [0.1, 0.15) is 24.7 Å². The molecule has 1 heterocycles. The van der Waals surface area contributed by atoms with Crippen molar-refractivity contribution >= 4 is 16.0 Å². The van der Waals surface area contributed by atoms with Crippen LogP contribution in [0.5, 0.6) is 0 Å². The highest BCUT2D eigenvalue weighted by atomic mass is 32.2. The van der Waals surface area contributed by atoms with Gasteiger partial charge in [-0.1, -0.05) is 6.92 Å². The number of hydrogen-bond donors (Lipinski definition) is 2. The number of nitrogens with one attached hydrogen (secondary N) is 1. The molecule has 8 heteroatoms. The molecule has 1 aromatic rings. The van der Waals surface area contributed by atoms with Crippen molar-refractivity contribution in [3.05, 3.63) is 11.4 Å². The zero-order chi connectivity index (χ0) is 14.1. The molecule has 0 aliphatic rings. The van der Waals surface area contributed by atoms with Crippen molar-refractivity contribution in [3.63, 3.8) is 0 Å². The van der Waals surface area contributed by atoms with Gasteiger partial charge in [-0.3, -0.25) is 9.48 Å². The van der Waals surface area contributed by atoms with Gasteiger partial charge in [-0.2, -0.15) is 9.82 Å². The van der Waals surface area contributed by atoms with Crippen LogP contribution in [0.4, 0.5) is 0 Å². The Balaban J connectivity index is 3.18. The maximum atomic E-state index is 12.1. The van der Waals surface area contributed by atoms with Crippen LogP contribution in [0.15, 0.2) is 4.90 Å². The molecular formula is C10H17N3O4S. The molecule has 1 atom stereocenters. The van der Waals surface area contributed by atoms with E-state index in [4.69, 9.17) is 5.11 Å². The van der Waals surface area contributed by atoms with Gasteiger partial charge in [0.05, 0.1) is 11.4 Å². The van der Waals surface area contributed by atoms with Gasteiger partial charge in [0, 0.05) is 7.05 Å². The predicted molar refractivity (Wildman–Crippen MR) is 64.7 cm³/mol. The molecule has 0 saturated heterocycles. The quantitative estimate of drug-likeness (QED) is 0.798. The lowest BCUT2D eigenvalue weighted by atomic mass is 10.2. The van der Waals surface area contributed by atoms with E-state index in [9.17, 15) is 13.2 Å². The van der Waals surface area contributed by atoms with Crippen molar-refractivity contribution in [2.75, 3.05) is 0 Å². The Bertz CT molecular complexity index is 562. The summed E-state index contributed by atoms with van der Waals surface area (Å²) in [7, 11) is -2.24. The number of hydrogen-bond acceptors (Lipinski definition) is 4. The van der Waals surface area contributed by atoms with Crippen molar-refractivity contribution in [2.45, 2.75) is 38.1 Å². The number of nitrogens with zero attached hydrogens (tertiary/aromatic N) is 2. The molecule has 0 aromatic carbocycles. The molecule has 0 fully saturated rings. The van der Waals surface area contributed by atoms with Crippen LogP contribution in [0.25, 0.3) is 0 Å². The number of carboxylic acids is 1. The van der Waals surface area contributed by atoms with Crippen molar-refractivity contribution in [1.82, 2.24) is 14.5 Å². The summed E-state index contributed by atoms with van der Waals surface area (Å²) >= 11 is 0. The van der Waals surface area contributed by atoms with Gasteiger partial charge in [-0.15, -0.1) is 0 Å². The highest BCUT2D eigenvalue weighted by Crippen LogP contribution is 2.18. The number of rotatable bonds is 5. The van der Waals surface area contributed by atoms with Crippen molar-refractivity contribution < 1.29 is 18.3 Å². The fourth-order valence-corrected chi connectivity index (χ4v) is 3.41. The normalized spacial score (nSPS) is 13.6. The number of carboxylic acid groups (broad SMARTS) is 1. The molecule has 1 rings (SSSR count). The average molecular weight is 275 g/mol. The van der Waals surface area contributed by atoms with Crippen LogP contribution < -0.4 is 4.72 Å². The molecule has 0 aliphatic carbocycles. The van der Waals surface area contributed by atoms with Gasteiger partial charge >= 0.3 is 5.97 Å². The van der Waals surface area contributed by atoms with E-state index in [1.807, 2.05) is 0 Å². The maximum absolute atomic E-state index is 12.1. The van der Waals surface area contributed by atoms with Crippen LogP contribution in [-0.2, 0) is 21.9 Å². The van der Waals surface area contributed by atoms with Crippen molar-refractivity contribution in [1.29, 1.82) is 0 Å². The van der Waals surface area contributed by atoms with Crippen molar-refractivity contribution in [2.24, 2.45) is 7.05 Å². The van der Waals surface area contributed by atoms with E-state index in [0.717, 1.165) is 0 Å². The van der Waals surface area contributed by atoms with E-state index in [-0.39, 0.29) is 11.3 Å². The van der Waals surface area contributed by atoms with Gasteiger partial charge in [0.15, 0.2) is 0 Å². The summed E-state index contributed by atoms with van der Waals surface area (Å²) in [5.74, 6) is -1.19. The molecule has 2 N–H and O–H groups in total.